The number of methoxy groups -OCH3 is 1. The van der Waals surface area contributed by atoms with Crippen LogP contribution in [0.4, 0.5) is 0 Å². The van der Waals surface area contributed by atoms with Crippen molar-refractivity contribution >= 4 is 9.84 Å². The fraction of sp³-hybridized carbons (Fsp3) is 0.800. The lowest BCUT2D eigenvalue weighted by atomic mass is 10.0. The Morgan fingerprint density at radius 1 is 1.22 bits per heavy atom. The molecule has 0 amide bonds. The summed E-state index contributed by atoms with van der Waals surface area (Å²) in [6.07, 6.45) is 0. The van der Waals surface area contributed by atoms with Crippen LogP contribution in [0, 0.1) is 13.8 Å². The van der Waals surface area contributed by atoms with Crippen molar-refractivity contribution in [2.45, 2.75) is 32.5 Å². The fourth-order valence-corrected chi connectivity index (χ4v) is 5.75. The van der Waals surface area contributed by atoms with E-state index in [9.17, 15) is 8.42 Å². The van der Waals surface area contributed by atoms with Crippen LogP contribution in [-0.2, 0) is 21.1 Å². The number of ether oxygens (including phenoxy) is 1. The summed E-state index contributed by atoms with van der Waals surface area (Å²) in [7, 11) is -1.30. The van der Waals surface area contributed by atoms with E-state index < -0.39 is 9.84 Å². The molecule has 2 fully saturated rings. The molecule has 23 heavy (non-hydrogen) atoms. The predicted molar refractivity (Wildman–Crippen MR) is 86.1 cm³/mol. The average Bonchev–Trinajstić information content (AvgIpc) is 2.99. The van der Waals surface area contributed by atoms with Crippen LogP contribution in [0.3, 0.4) is 0 Å². The predicted octanol–water partition coefficient (Wildman–Crippen LogP) is 0.221. The summed E-state index contributed by atoms with van der Waals surface area (Å²) in [6, 6.07) is 0.101. The molecule has 0 spiro atoms. The molecule has 7 nitrogen and oxygen atoms in total. The first kappa shape index (κ1) is 16.9. The van der Waals surface area contributed by atoms with Gasteiger partial charge in [-0.15, -0.1) is 0 Å². The monoisotopic (exact) mass is 343 g/mol. The topological polar surface area (TPSA) is 75.9 Å². The molecule has 2 aliphatic heterocycles. The van der Waals surface area contributed by atoms with Gasteiger partial charge in [0.25, 0.3) is 0 Å². The molecule has 3 heterocycles. The number of rotatable bonds is 5. The third-order valence-electron chi connectivity index (χ3n) is 5.03. The second kappa shape index (κ2) is 6.51. The Morgan fingerprint density at radius 2 is 1.87 bits per heavy atom. The maximum Gasteiger partial charge on any atom is 0.153 e. The Morgan fingerprint density at radius 3 is 2.48 bits per heavy atom. The van der Waals surface area contributed by atoms with Gasteiger partial charge < -0.3 is 9.26 Å². The summed E-state index contributed by atoms with van der Waals surface area (Å²) in [4.78, 5) is 4.55. The number of aromatic nitrogens is 1. The van der Waals surface area contributed by atoms with E-state index in [1.165, 1.54) is 0 Å². The highest BCUT2D eigenvalue weighted by Gasteiger charge is 2.46. The molecule has 2 atom stereocenters. The molecular weight excluding hydrogens is 318 g/mol. The van der Waals surface area contributed by atoms with Crippen molar-refractivity contribution in [1.82, 2.24) is 15.0 Å². The van der Waals surface area contributed by atoms with Gasteiger partial charge in [0, 0.05) is 50.9 Å². The first-order valence-electron chi connectivity index (χ1n) is 8.00. The van der Waals surface area contributed by atoms with E-state index in [0.717, 1.165) is 36.7 Å². The van der Waals surface area contributed by atoms with Gasteiger partial charge in [0.05, 0.1) is 23.8 Å². The molecule has 1 aromatic heterocycles. The van der Waals surface area contributed by atoms with E-state index in [1.54, 1.807) is 7.11 Å². The van der Waals surface area contributed by atoms with E-state index in [4.69, 9.17) is 9.26 Å². The minimum atomic E-state index is -2.98. The summed E-state index contributed by atoms with van der Waals surface area (Å²) in [5.74, 6) is 1.31. The highest BCUT2D eigenvalue weighted by atomic mass is 32.2. The number of fused-ring (bicyclic) bond motifs is 1. The lowest BCUT2D eigenvalue weighted by Crippen LogP contribution is -2.59. The molecule has 8 heteroatoms. The third-order valence-corrected chi connectivity index (χ3v) is 6.73. The molecule has 0 aliphatic carbocycles. The summed E-state index contributed by atoms with van der Waals surface area (Å²) < 4.78 is 34.8. The Labute approximate surface area is 137 Å². The first-order valence-corrected chi connectivity index (χ1v) is 9.82. The normalized spacial score (nSPS) is 28.1. The zero-order valence-electron chi connectivity index (χ0n) is 14.0. The van der Waals surface area contributed by atoms with E-state index >= 15 is 0 Å². The maximum absolute atomic E-state index is 12.2. The molecule has 0 N–H and O–H groups in total. The van der Waals surface area contributed by atoms with Crippen molar-refractivity contribution in [1.29, 1.82) is 0 Å². The number of sulfone groups is 1. The number of aryl methyl sites for hydroxylation is 2. The van der Waals surface area contributed by atoms with Crippen molar-refractivity contribution in [2.75, 3.05) is 44.9 Å². The van der Waals surface area contributed by atoms with Crippen molar-refractivity contribution < 1.29 is 17.7 Å². The molecule has 1 aromatic rings. The molecular formula is C15H25N3O4S. The standard InChI is InChI=1S/C15H25N3O4S/c1-11-13(12(2)22-16-11)8-18-5-4-17(6-7-21-3)14-9-23(19,20)10-15(14)18/h14-15H,4-10H2,1-3H3/t14-,15+/m0/s1. The molecule has 0 saturated carbocycles. The van der Waals surface area contributed by atoms with Gasteiger partial charge in [0.15, 0.2) is 9.84 Å². The molecule has 0 bridgehead atoms. The van der Waals surface area contributed by atoms with Crippen molar-refractivity contribution in [3.63, 3.8) is 0 Å². The van der Waals surface area contributed by atoms with Gasteiger partial charge >= 0.3 is 0 Å². The minimum absolute atomic E-state index is 0.0410. The average molecular weight is 343 g/mol. The quantitative estimate of drug-likeness (QED) is 0.757. The van der Waals surface area contributed by atoms with Gasteiger partial charge in [0.1, 0.15) is 5.76 Å². The molecule has 2 aliphatic rings. The third kappa shape index (κ3) is 3.45. The maximum atomic E-state index is 12.2. The highest BCUT2D eigenvalue weighted by Crippen LogP contribution is 2.29. The Bertz CT molecular complexity index is 638. The van der Waals surface area contributed by atoms with Crippen LogP contribution in [0.25, 0.3) is 0 Å². The number of nitrogens with zero attached hydrogens (tertiary/aromatic N) is 3. The van der Waals surface area contributed by atoms with Gasteiger partial charge in [-0.25, -0.2) is 8.42 Å². The van der Waals surface area contributed by atoms with Crippen LogP contribution in [0.1, 0.15) is 17.0 Å². The fourth-order valence-electron chi connectivity index (χ4n) is 3.71. The van der Waals surface area contributed by atoms with Crippen molar-refractivity contribution in [3.05, 3.63) is 17.0 Å². The van der Waals surface area contributed by atoms with Crippen LogP contribution >= 0.6 is 0 Å². The lowest BCUT2D eigenvalue weighted by Gasteiger charge is -2.43. The molecule has 0 aromatic carbocycles. The van der Waals surface area contributed by atoms with Gasteiger partial charge in [-0.1, -0.05) is 5.16 Å². The Kier molecular flexibility index (Phi) is 4.78. The molecule has 3 rings (SSSR count). The van der Waals surface area contributed by atoms with Crippen LogP contribution in [-0.4, -0.2) is 80.3 Å². The Balaban J connectivity index is 1.78. The van der Waals surface area contributed by atoms with Crippen LogP contribution in [0.5, 0.6) is 0 Å². The molecule has 2 saturated heterocycles. The van der Waals surface area contributed by atoms with Gasteiger partial charge in [-0.2, -0.15) is 0 Å². The van der Waals surface area contributed by atoms with Gasteiger partial charge in [0.2, 0.25) is 0 Å². The Hall–Kier alpha value is -0.960. The van der Waals surface area contributed by atoms with Crippen LogP contribution in [0.2, 0.25) is 0 Å². The van der Waals surface area contributed by atoms with Crippen LogP contribution < -0.4 is 0 Å². The SMILES string of the molecule is COCCN1CCN(Cc2c(C)noc2C)[C@@H]2CS(=O)(=O)C[C@@H]21. The van der Waals surface area contributed by atoms with Gasteiger partial charge in [-0.05, 0) is 13.8 Å². The summed E-state index contributed by atoms with van der Waals surface area (Å²) in [5.41, 5.74) is 1.97. The second-order valence-corrected chi connectivity index (χ2v) is 8.67. The molecule has 130 valence electrons. The van der Waals surface area contributed by atoms with E-state index in [0.29, 0.717) is 13.2 Å². The zero-order valence-corrected chi connectivity index (χ0v) is 14.8. The largest absolute Gasteiger partial charge is 0.383 e. The highest BCUT2D eigenvalue weighted by molar-refractivity contribution is 7.91. The zero-order chi connectivity index (χ0) is 16.6. The van der Waals surface area contributed by atoms with Gasteiger partial charge in [-0.3, -0.25) is 9.80 Å². The molecule has 0 unspecified atom stereocenters. The van der Waals surface area contributed by atoms with E-state index in [-0.39, 0.29) is 23.6 Å². The smallest absolute Gasteiger partial charge is 0.153 e. The van der Waals surface area contributed by atoms with E-state index in [2.05, 4.69) is 15.0 Å². The summed E-state index contributed by atoms with van der Waals surface area (Å²) in [6.45, 7) is 7.68. The van der Waals surface area contributed by atoms with Crippen molar-refractivity contribution in [2.24, 2.45) is 0 Å². The number of piperazine rings is 1. The molecule has 0 radical (unpaired) electrons. The lowest BCUT2D eigenvalue weighted by molar-refractivity contribution is 0.0250. The van der Waals surface area contributed by atoms with E-state index in [1.807, 2.05) is 13.8 Å². The number of hydrogen-bond acceptors (Lipinski definition) is 7. The summed E-state index contributed by atoms with van der Waals surface area (Å²) in [5, 5.41) is 4.00. The minimum Gasteiger partial charge on any atom is -0.383 e. The number of hydrogen-bond donors (Lipinski definition) is 0. The first-order chi connectivity index (χ1) is 10.9. The summed E-state index contributed by atoms with van der Waals surface area (Å²) >= 11 is 0. The van der Waals surface area contributed by atoms with Crippen molar-refractivity contribution in [3.8, 4) is 0 Å². The second-order valence-electron chi connectivity index (χ2n) is 6.51. The van der Waals surface area contributed by atoms with Crippen LogP contribution in [0.15, 0.2) is 4.52 Å².